The number of rotatable bonds is 5. The van der Waals surface area contributed by atoms with E-state index in [1.54, 1.807) is 6.92 Å². The Morgan fingerprint density at radius 1 is 1.31 bits per heavy atom. The minimum Gasteiger partial charge on any atom is -0.300 e. The highest BCUT2D eigenvalue weighted by Gasteiger charge is 2.04. The van der Waals surface area contributed by atoms with Crippen molar-refractivity contribution in [1.29, 1.82) is 0 Å². The third kappa shape index (κ3) is 4.18. The molecule has 88 valence electrons. The van der Waals surface area contributed by atoms with Crippen molar-refractivity contribution in [3.8, 4) is 0 Å². The summed E-state index contributed by atoms with van der Waals surface area (Å²) in [6.07, 6.45) is 2.66. The molecule has 0 fully saturated rings. The van der Waals surface area contributed by atoms with Crippen LogP contribution >= 0.6 is 0 Å². The van der Waals surface area contributed by atoms with Crippen LogP contribution in [0.5, 0.6) is 0 Å². The lowest BCUT2D eigenvalue weighted by Gasteiger charge is -2.10. The van der Waals surface area contributed by atoms with E-state index < -0.39 is 0 Å². The van der Waals surface area contributed by atoms with Gasteiger partial charge in [0.25, 0.3) is 0 Å². The first kappa shape index (κ1) is 13.0. The first-order valence-corrected chi connectivity index (χ1v) is 6.07. The van der Waals surface area contributed by atoms with E-state index in [0.717, 1.165) is 12.8 Å². The van der Waals surface area contributed by atoms with E-state index in [4.69, 9.17) is 0 Å². The van der Waals surface area contributed by atoms with Gasteiger partial charge in [-0.25, -0.2) is 0 Å². The molecule has 0 bridgehead atoms. The van der Waals surface area contributed by atoms with Crippen LogP contribution in [0.1, 0.15) is 43.9 Å². The SMILES string of the molecule is CC(=O)CCc1cc(CC(C)C)ccc1C. The fraction of sp³-hybridized carbons (Fsp3) is 0.533. The number of carbonyl (C=O) groups is 1. The van der Waals surface area contributed by atoms with Crippen molar-refractivity contribution in [3.05, 3.63) is 34.9 Å². The number of hydrogen-bond acceptors (Lipinski definition) is 1. The van der Waals surface area contributed by atoms with Gasteiger partial charge in [-0.2, -0.15) is 0 Å². The Hall–Kier alpha value is -1.11. The number of ketones is 1. The summed E-state index contributed by atoms with van der Waals surface area (Å²) >= 11 is 0. The molecule has 0 heterocycles. The van der Waals surface area contributed by atoms with Gasteiger partial charge in [0, 0.05) is 6.42 Å². The van der Waals surface area contributed by atoms with E-state index in [2.05, 4.69) is 39.0 Å². The quantitative estimate of drug-likeness (QED) is 0.736. The molecule has 1 aromatic rings. The Balaban J connectivity index is 2.77. The standard InChI is InChI=1S/C15H22O/c1-11(2)9-14-7-5-12(3)15(10-14)8-6-13(4)16/h5,7,10-11H,6,8-9H2,1-4H3. The zero-order valence-corrected chi connectivity index (χ0v) is 10.8. The molecule has 0 spiro atoms. The molecule has 0 saturated carbocycles. The average molecular weight is 218 g/mol. The lowest BCUT2D eigenvalue weighted by Crippen LogP contribution is -1.99. The van der Waals surface area contributed by atoms with E-state index in [9.17, 15) is 4.79 Å². The molecule has 1 heteroatoms. The molecule has 1 aromatic carbocycles. The van der Waals surface area contributed by atoms with Crippen LogP contribution in [0.25, 0.3) is 0 Å². The predicted octanol–water partition coefficient (Wildman–Crippen LogP) is 3.72. The molecule has 0 amide bonds. The maximum Gasteiger partial charge on any atom is 0.130 e. The van der Waals surface area contributed by atoms with Crippen molar-refractivity contribution >= 4 is 5.78 Å². The van der Waals surface area contributed by atoms with E-state index >= 15 is 0 Å². The van der Waals surface area contributed by atoms with Gasteiger partial charge < -0.3 is 4.79 Å². The summed E-state index contributed by atoms with van der Waals surface area (Å²) in [7, 11) is 0. The second-order valence-corrected chi connectivity index (χ2v) is 5.06. The van der Waals surface area contributed by atoms with Crippen LogP contribution < -0.4 is 0 Å². The highest BCUT2D eigenvalue weighted by molar-refractivity contribution is 5.75. The highest BCUT2D eigenvalue weighted by atomic mass is 16.1. The van der Waals surface area contributed by atoms with E-state index in [0.29, 0.717) is 12.3 Å². The fourth-order valence-corrected chi connectivity index (χ4v) is 1.90. The molecule has 0 aromatic heterocycles. The van der Waals surface area contributed by atoms with Crippen molar-refractivity contribution < 1.29 is 4.79 Å². The monoisotopic (exact) mass is 218 g/mol. The molecular weight excluding hydrogens is 196 g/mol. The van der Waals surface area contributed by atoms with Crippen LogP contribution in [0.4, 0.5) is 0 Å². The van der Waals surface area contributed by atoms with Gasteiger partial charge in [-0.3, -0.25) is 0 Å². The van der Waals surface area contributed by atoms with Gasteiger partial charge in [-0.15, -0.1) is 0 Å². The molecule has 0 unspecified atom stereocenters. The smallest absolute Gasteiger partial charge is 0.130 e. The Labute approximate surface area is 98.9 Å². The normalized spacial score (nSPS) is 10.8. The average Bonchev–Trinajstić information content (AvgIpc) is 2.18. The molecule has 0 aliphatic rings. The summed E-state index contributed by atoms with van der Waals surface area (Å²) in [6.45, 7) is 8.24. The Kier molecular flexibility index (Phi) is 4.72. The predicted molar refractivity (Wildman–Crippen MR) is 68.7 cm³/mol. The Morgan fingerprint density at radius 2 is 2.00 bits per heavy atom. The zero-order chi connectivity index (χ0) is 12.1. The molecule has 0 saturated heterocycles. The maximum absolute atomic E-state index is 11.0. The summed E-state index contributed by atoms with van der Waals surface area (Å²) in [5.74, 6) is 0.956. The van der Waals surface area contributed by atoms with E-state index in [1.807, 2.05) is 0 Å². The largest absolute Gasteiger partial charge is 0.300 e. The van der Waals surface area contributed by atoms with Crippen molar-refractivity contribution in [2.75, 3.05) is 0 Å². The van der Waals surface area contributed by atoms with Crippen LogP contribution in [0, 0.1) is 12.8 Å². The van der Waals surface area contributed by atoms with Crippen molar-refractivity contribution in [2.24, 2.45) is 5.92 Å². The van der Waals surface area contributed by atoms with Gasteiger partial charge in [0.05, 0.1) is 0 Å². The Bertz CT molecular complexity index is 364. The van der Waals surface area contributed by atoms with Gasteiger partial charge in [0.2, 0.25) is 0 Å². The minimum atomic E-state index is 0.272. The van der Waals surface area contributed by atoms with Crippen LogP contribution in [-0.4, -0.2) is 5.78 Å². The van der Waals surface area contributed by atoms with Gasteiger partial charge in [0.15, 0.2) is 0 Å². The summed E-state index contributed by atoms with van der Waals surface area (Å²) < 4.78 is 0. The number of Topliss-reactive ketones (excluding diaryl/α,β-unsaturated/α-hetero) is 1. The highest BCUT2D eigenvalue weighted by Crippen LogP contribution is 2.16. The van der Waals surface area contributed by atoms with Crippen molar-refractivity contribution in [2.45, 2.75) is 47.0 Å². The van der Waals surface area contributed by atoms with Gasteiger partial charge in [0.1, 0.15) is 5.78 Å². The zero-order valence-electron chi connectivity index (χ0n) is 10.8. The number of aryl methyl sites for hydroxylation is 2. The van der Waals surface area contributed by atoms with Gasteiger partial charge >= 0.3 is 0 Å². The third-order valence-corrected chi connectivity index (χ3v) is 2.80. The topological polar surface area (TPSA) is 17.1 Å². The lowest BCUT2D eigenvalue weighted by molar-refractivity contribution is -0.116. The lowest BCUT2D eigenvalue weighted by atomic mass is 9.96. The second kappa shape index (κ2) is 5.83. The fourth-order valence-electron chi connectivity index (χ4n) is 1.90. The molecule has 1 rings (SSSR count). The molecule has 0 aliphatic carbocycles. The summed E-state index contributed by atoms with van der Waals surface area (Å²) in [6, 6.07) is 6.64. The van der Waals surface area contributed by atoms with Crippen LogP contribution in [-0.2, 0) is 17.6 Å². The van der Waals surface area contributed by atoms with Crippen LogP contribution in [0.3, 0.4) is 0 Å². The first-order chi connectivity index (χ1) is 7.49. The molecule has 0 aliphatic heterocycles. The number of hydrogen-bond donors (Lipinski definition) is 0. The third-order valence-electron chi connectivity index (χ3n) is 2.80. The number of carbonyl (C=O) groups excluding carboxylic acids is 1. The molecular formula is C15H22O. The molecule has 16 heavy (non-hydrogen) atoms. The van der Waals surface area contributed by atoms with E-state index in [-0.39, 0.29) is 5.78 Å². The second-order valence-electron chi connectivity index (χ2n) is 5.06. The molecule has 1 nitrogen and oxygen atoms in total. The van der Waals surface area contributed by atoms with Gasteiger partial charge in [-0.1, -0.05) is 32.0 Å². The maximum atomic E-state index is 11.0. The van der Waals surface area contributed by atoms with Crippen LogP contribution in [0.15, 0.2) is 18.2 Å². The summed E-state index contributed by atoms with van der Waals surface area (Å²) in [5.41, 5.74) is 4.02. The summed E-state index contributed by atoms with van der Waals surface area (Å²) in [4.78, 5) is 11.0. The van der Waals surface area contributed by atoms with Gasteiger partial charge in [-0.05, 0) is 49.3 Å². The molecule has 0 radical (unpaired) electrons. The first-order valence-electron chi connectivity index (χ1n) is 6.07. The van der Waals surface area contributed by atoms with Crippen molar-refractivity contribution in [1.82, 2.24) is 0 Å². The minimum absolute atomic E-state index is 0.272. The summed E-state index contributed by atoms with van der Waals surface area (Å²) in [5, 5.41) is 0. The van der Waals surface area contributed by atoms with Crippen molar-refractivity contribution in [3.63, 3.8) is 0 Å². The Morgan fingerprint density at radius 3 is 2.56 bits per heavy atom. The van der Waals surface area contributed by atoms with E-state index in [1.165, 1.54) is 16.7 Å². The molecule has 0 N–H and O–H groups in total. The number of benzene rings is 1. The molecule has 0 atom stereocenters. The van der Waals surface area contributed by atoms with Crippen LogP contribution in [0.2, 0.25) is 0 Å².